The molecule has 0 aromatic heterocycles. The summed E-state index contributed by atoms with van der Waals surface area (Å²) in [4.78, 5) is 4.43. The molecule has 0 amide bonds. The summed E-state index contributed by atoms with van der Waals surface area (Å²) in [5.74, 6) is 0. The molecule has 0 unspecified atom stereocenters. The van der Waals surface area contributed by atoms with E-state index in [0.717, 1.165) is 0 Å². The third kappa shape index (κ3) is 3.88. The largest absolute Gasteiger partial charge is 0.290 e. The second-order valence-electron chi connectivity index (χ2n) is 0.882. The molecule has 3 heteroatoms. The highest BCUT2D eigenvalue weighted by atomic mass is 16.9. The smallest absolute Gasteiger partial charge is 0.0683 e. The molecular formula is C3H9NO2. The van der Waals surface area contributed by atoms with Crippen LogP contribution in [0.5, 0.6) is 0 Å². The molecule has 0 aromatic carbocycles. The molecule has 38 valence electrons. The van der Waals surface area contributed by atoms with E-state index in [0.29, 0.717) is 11.8 Å². The van der Waals surface area contributed by atoms with E-state index in [1.54, 1.807) is 6.92 Å². The molecule has 0 spiro atoms. The first-order valence-electron chi connectivity index (χ1n) is 1.83. The number of nitrogens with zero attached hydrogens (tertiary/aromatic N) is 1. The minimum absolute atomic E-state index is 0.507. The maximum atomic E-state index is 8.16. The lowest BCUT2D eigenvalue weighted by Crippen LogP contribution is -2.12. The second kappa shape index (κ2) is 3.08. The van der Waals surface area contributed by atoms with E-state index in [1.165, 1.54) is 7.05 Å². The fourth-order valence-corrected chi connectivity index (χ4v) is 0.187. The molecule has 0 heterocycles. The first-order valence-corrected chi connectivity index (χ1v) is 1.83. The number of hydrogen-bond acceptors (Lipinski definition) is 3. The minimum Gasteiger partial charge on any atom is -0.290 e. The Kier molecular flexibility index (Phi) is 3.02. The van der Waals surface area contributed by atoms with Crippen molar-refractivity contribution in [3.63, 3.8) is 0 Å². The van der Waals surface area contributed by atoms with Gasteiger partial charge < -0.3 is 0 Å². The summed E-state index contributed by atoms with van der Waals surface area (Å²) >= 11 is 0. The third-order valence-corrected chi connectivity index (χ3v) is 0.316. The zero-order valence-electron chi connectivity index (χ0n) is 4.01. The molecule has 0 aliphatic carbocycles. The Morgan fingerprint density at radius 3 is 2.33 bits per heavy atom. The summed E-state index contributed by atoms with van der Waals surface area (Å²) in [6, 6.07) is 0. The van der Waals surface area contributed by atoms with Gasteiger partial charge in [0.15, 0.2) is 0 Å². The van der Waals surface area contributed by atoms with Gasteiger partial charge in [0, 0.05) is 7.05 Å². The Morgan fingerprint density at radius 2 is 2.33 bits per heavy atom. The highest BCUT2D eigenvalue weighted by molar-refractivity contribution is 3.97. The molecule has 0 fully saturated rings. The average Bonchev–Trinajstić information content (AvgIpc) is 1.35. The first kappa shape index (κ1) is 5.88. The summed E-state index contributed by atoms with van der Waals surface area (Å²) in [5.41, 5.74) is 0. The lowest BCUT2D eigenvalue weighted by atomic mass is 10.9. The quantitative estimate of drug-likeness (QED) is 0.495. The first-order chi connectivity index (χ1) is 2.77. The fourth-order valence-electron chi connectivity index (χ4n) is 0.187. The van der Waals surface area contributed by atoms with Crippen LogP contribution in [0, 0.1) is 0 Å². The van der Waals surface area contributed by atoms with Gasteiger partial charge >= 0.3 is 0 Å². The number of hydroxylamine groups is 2. The van der Waals surface area contributed by atoms with Crippen molar-refractivity contribution in [3.8, 4) is 0 Å². The Balaban J connectivity index is 2.63. The standard InChI is InChI=1S/C3H9NO2/c1-3-6-4(2)5/h5H,3H2,1-2H3. The number of hydrogen-bond donors (Lipinski definition) is 1. The molecule has 0 rings (SSSR count). The van der Waals surface area contributed by atoms with Gasteiger partial charge in [-0.05, 0) is 6.92 Å². The Hall–Kier alpha value is -0.120. The van der Waals surface area contributed by atoms with Gasteiger partial charge in [0.2, 0.25) is 0 Å². The van der Waals surface area contributed by atoms with Crippen molar-refractivity contribution in [1.29, 1.82) is 0 Å². The summed E-state index contributed by atoms with van der Waals surface area (Å²) in [6.45, 7) is 2.31. The van der Waals surface area contributed by atoms with Crippen LogP contribution in [0.4, 0.5) is 0 Å². The van der Waals surface area contributed by atoms with Crippen molar-refractivity contribution in [2.24, 2.45) is 0 Å². The van der Waals surface area contributed by atoms with E-state index in [4.69, 9.17) is 5.21 Å². The van der Waals surface area contributed by atoms with E-state index in [1.807, 2.05) is 0 Å². The van der Waals surface area contributed by atoms with Crippen LogP contribution in [0.15, 0.2) is 0 Å². The van der Waals surface area contributed by atoms with E-state index < -0.39 is 0 Å². The minimum atomic E-state index is 0.507. The Labute approximate surface area is 37.0 Å². The van der Waals surface area contributed by atoms with Crippen LogP contribution in [0.3, 0.4) is 0 Å². The lowest BCUT2D eigenvalue weighted by Gasteiger charge is -2.02. The predicted octanol–water partition coefficient (Wildman–Crippen LogP) is 0.259. The molecule has 0 aromatic rings. The monoisotopic (exact) mass is 91.1 g/mol. The average molecular weight is 91.1 g/mol. The van der Waals surface area contributed by atoms with Crippen LogP contribution in [0.1, 0.15) is 6.92 Å². The van der Waals surface area contributed by atoms with Gasteiger partial charge in [-0.2, -0.15) is 0 Å². The molecule has 0 aliphatic rings. The molecular weight excluding hydrogens is 82.0 g/mol. The summed E-state index contributed by atoms with van der Waals surface area (Å²) in [6.07, 6.45) is 0. The van der Waals surface area contributed by atoms with Crippen LogP contribution in [0.2, 0.25) is 0 Å². The maximum Gasteiger partial charge on any atom is 0.0683 e. The molecule has 0 saturated heterocycles. The normalized spacial score (nSPS) is 10.0. The van der Waals surface area contributed by atoms with Gasteiger partial charge in [-0.15, -0.1) is 0 Å². The van der Waals surface area contributed by atoms with Gasteiger partial charge in [-0.3, -0.25) is 10.0 Å². The molecule has 0 atom stereocenters. The second-order valence-corrected chi connectivity index (χ2v) is 0.882. The highest BCUT2D eigenvalue weighted by Gasteiger charge is 1.80. The molecule has 1 N–H and O–H groups in total. The van der Waals surface area contributed by atoms with Crippen molar-refractivity contribution >= 4 is 0 Å². The van der Waals surface area contributed by atoms with E-state index in [-0.39, 0.29) is 0 Å². The van der Waals surface area contributed by atoms with Gasteiger partial charge in [0.1, 0.15) is 0 Å². The van der Waals surface area contributed by atoms with Crippen LogP contribution >= 0.6 is 0 Å². The van der Waals surface area contributed by atoms with Crippen molar-refractivity contribution in [3.05, 3.63) is 0 Å². The summed E-state index contributed by atoms with van der Waals surface area (Å²) in [7, 11) is 1.42. The van der Waals surface area contributed by atoms with Crippen molar-refractivity contribution < 1.29 is 10.0 Å². The predicted molar refractivity (Wildman–Crippen MR) is 21.2 cm³/mol. The maximum absolute atomic E-state index is 8.16. The summed E-state index contributed by atoms with van der Waals surface area (Å²) < 4.78 is 0. The van der Waals surface area contributed by atoms with E-state index in [2.05, 4.69) is 4.84 Å². The molecule has 6 heavy (non-hydrogen) atoms. The molecule has 0 aliphatic heterocycles. The van der Waals surface area contributed by atoms with Crippen LogP contribution in [-0.2, 0) is 4.84 Å². The van der Waals surface area contributed by atoms with Crippen molar-refractivity contribution in [2.45, 2.75) is 6.92 Å². The van der Waals surface area contributed by atoms with Gasteiger partial charge in [0.25, 0.3) is 0 Å². The molecule has 0 radical (unpaired) electrons. The lowest BCUT2D eigenvalue weighted by molar-refractivity contribution is -0.321. The van der Waals surface area contributed by atoms with Crippen LogP contribution in [-0.4, -0.2) is 24.1 Å². The van der Waals surface area contributed by atoms with Crippen LogP contribution in [0.25, 0.3) is 0 Å². The summed E-state index contributed by atoms with van der Waals surface area (Å²) in [5, 5.41) is 8.84. The molecule has 0 saturated carbocycles. The Bertz CT molecular complexity index is 30.0. The van der Waals surface area contributed by atoms with E-state index in [9.17, 15) is 0 Å². The molecule has 3 nitrogen and oxygen atoms in total. The van der Waals surface area contributed by atoms with Crippen molar-refractivity contribution in [1.82, 2.24) is 5.23 Å². The zero-order valence-corrected chi connectivity index (χ0v) is 4.01. The van der Waals surface area contributed by atoms with Crippen molar-refractivity contribution in [2.75, 3.05) is 13.7 Å². The SMILES string of the molecule is CCON(C)O. The highest BCUT2D eigenvalue weighted by Crippen LogP contribution is 1.71. The number of rotatable bonds is 2. The van der Waals surface area contributed by atoms with Gasteiger partial charge in [-0.1, -0.05) is 5.23 Å². The third-order valence-electron chi connectivity index (χ3n) is 0.316. The van der Waals surface area contributed by atoms with Gasteiger partial charge in [0.05, 0.1) is 6.61 Å². The Morgan fingerprint density at radius 1 is 1.83 bits per heavy atom. The van der Waals surface area contributed by atoms with Crippen LogP contribution < -0.4 is 0 Å². The topological polar surface area (TPSA) is 32.7 Å². The van der Waals surface area contributed by atoms with E-state index >= 15 is 0 Å². The fraction of sp³-hybridized carbons (Fsp3) is 1.00. The van der Waals surface area contributed by atoms with Gasteiger partial charge in [-0.25, -0.2) is 0 Å². The zero-order chi connectivity index (χ0) is 4.99. The molecule has 0 bridgehead atoms.